The molecule has 4 aromatic carbocycles. The van der Waals surface area contributed by atoms with E-state index in [4.69, 9.17) is 66.6 Å². The molecule has 0 amide bonds. The minimum atomic E-state index is -1.01. The zero-order valence-electron chi connectivity index (χ0n) is 65.0. The standard InChI is InChI=1S/2C20H20FN7O3.2C19H18FN7O2/c1-8-24-6-9(7-25-8)30-20-27-18-16-15-10(11(21)4-12(23-2)17(15)26-18)3-14(13(29)5-22)31-19(16)28-20;1-8-24-5-9(6-25-8)30-20-27-18-16-15-10(11(21)4-13(23-2)17(15)26-18)3-14(12(22)7-29)31-19(16)28-20;1-8-23-6-10(7-24-8)29-19-26-17-15-14-11(3-9(5-21)28-18(15)27-19)12(20)4-13(22-2)16(14)25-17;1-8-23-6-10(7-24-8)29-19-26-17-15-14-11(12(20)5-13(22)16(14)25-17)4-9(2-3-21)28-18(15)27-19/h4,6-7,13-14,23,29H,3,5,22H2,1-2H3,(H,26,27,28);4-6,12,14,23,29H,3,7,22H2,1-2H3,(H,26,27,28);4,6-7,9,22H,3,5,21H2,1-2H3,(H,25,26,27);5-7,9H,2-4,21-22H2,1H3,(H,25,26,27)/t13?,14-;12?,14-;2*9-/m1110/s1. The number of aromatic nitrogens is 20. The van der Waals surface area contributed by atoms with Crippen molar-refractivity contribution in [2.45, 2.75) is 96.4 Å². The van der Waals surface area contributed by atoms with Gasteiger partial charge in [-0.2, -0.15) is 39.9 Å². The molecule has 20 rings (SSSR count). The van der Waals surface area contributed by atoms with Crippen molar-refractivity contribution in [3.63, 3.8) is 0 Å². The van der Waals surface area contributed by atoms with E-state index in [1.807, 2.05) is 0 Å². The Bertz CT molecular complexity index is 6450. The second kappa shape index (κ2) is 32.0. The lowest BCUT2D eigenvalue weighted by molar-refractivity contribution is 0.0407. The molecule has 0 spiro atoms. The van der Waals surface area contributed by atoms with Crippen LogP contribution in [0.5, 0.6) is 70.6 Å². The fraction of sp³-hybridized carbons (Fsp3) is 0.282. The molecule has 38 nitrogen and oxygen atoms in total. The predicted molar refractivity (Wildman–Crippen MR) is 431 cm³/mol. The Morgan fingerprint density at radius 3 is 1.08 bits per heavy atom. The van der Waals surface area contributed by atoms with Crippen LogP contribution in [0.1, 0.15) is 52.0 Å². The molecule has 4 aliphatic heterocycles. The number of aryl methyl sites for hydroxylation is 4. The van der Waals surface area contributed by atoms with Crippen molar-refractivity contribution in [1.82, 2.24) is 99.7 Å². The maximum absolute atomic E-state index is 15.0. The number of aromatic amines is 4. The van der Waals surface area contributed by atoms with Crippen LogP contribution in [0.25, 0.3) is 87.7 Å². The first-order valence-corrected chi connectivity index (χ1v) is 37.7. The van der Waals surface area contributed by atoms with E-state index in [0.717, 1.165) is 5.52 Å². The monoisotopic (exact) mass is 1640 g/mol. The van der Waals surface area contributed by atoms with E-state index in [0.29, 0.717) is 205 Å². The SMILES string of the molecule is CNc1cc(F)c2c3c1[nH]c1nc(Oc4cnc(C)nc4)nc(c13)O[C@@H](C(N)CO)C2.CNc1cc(F)c2c3c1[nH]c1nc(Oc4cnc(C)nc4)nc(c13)O[C@@H](C(O)CN)C2.CNc1cc(F)c2c3c1[nH]c1nc(Oc4cnc(C)nc4)nc(c13)O[C@@H](CN)C2.Cc1ncc(Oc2nc3c4c(n2)[nH]c2c(N)cc(F)c(c24)C[C@H](CCN)O3)cn1. The van der Waals surface area contributed by atoms with Gasteiger partial charge in [-0.15, -0.1) is 0 Å². The predicted octanol–water partition coefficient (Wildman–Crippen LogP) is 8.43. The third-order valence-corrected chi connectivity index (χ3v) is 20.5. The minimum absolute atomic E-state index is 0.00238. The van der Waals surface area contributed by atoms with E-state index in [1.165, 1.54) is 73.8 Å². The summed E-state index contributed by atoms with van der Waals surface area (Å²) in [6.45, 7) is 7.33. The van der Waals surface area contributed by atoms with E-state index in [1.54, 1.807) is 48.8 Å². The third kappa shape index (κ3) is 14.7. The van der Waals surface area contributed by atoms with Crippen LogP contribution in [-0.4, -0.2) is 194 Å². The van der Waals surface area contributed by atoms with Crippen LogP contribution in [-0.2, 0) is 25.7 Å². The van der Waals surface area contributed by atoms with Crippen molar-refractivity contribution in [3.05, 3.63) is 143 Å². The summed E-state index contributed by atoms with van der Waals surface area (Å²) in [6, 6.07) is 4.98. The van der Waals surface area contributed by atoms with Crippen LogP contribution in [0.4, 0.5) is 40.3 Å². The average molecular weight is 1640 g/mol. The second-order valence-electron chi connectivity index (χ2n) is 28.3. The van der Waals surface area contributed by atoms with Crippen molar-refractivity contribution < 1.29 is 65.7 Å². The maximum Gasteiger partial charge on any atom is 0.327 e. The van der Waals surface area contributed by atoms with E-state index >= 15 is 8.78 Å². The van der Waals surface area contributed by atoms with Gasteiger partial charge in [-0.1, -0.05) is 0 Å². The number of nitrogens with one attached hydrogen (secondary N) is 7. The van der Waals surface area contributed by atoms with Crippen LogP contribution < -0.4 is 82.5 Å². The number of nitrogens with zero attached hydrogens (tertiary/aromatic N) is 16. The molecule has 0 radical (unpaired) electrons. The molecule has 16 heterocycles. The number of anilines is 4. The molecule has 0 fully saturated rings. The number of nitrogens with two attached hydrogens (primary N) is 5. The number of aliphatic hydroxyl groups excluding tert-OH is 2. The highest BCUT2D eigenvalue weighted by molar-refractivity contribution is 6.17. The van der Waals surface area contributed by atoms with Crippen molar-refractivity contribution in [2.75, 3.05) is 69.1 Å². The maximum atomic E-state index is 15.0. The topological polar surface area (TPSA) is 550 Å². The first-order chi connectivity index (χ1) is 58.1. The van der Waals surface area contributed by atoms with Gasteiger partial charge in [-0.05, 0) is 64.9 Å². The zero-order chi connectivity index (χ0) is 83.6. The highest BCUT2D eigenvalue weighted by Crippen LogP contribution is 2.48. The minimum Gasteiger partial charge on any atom is -0.473 e. The second-order valence-corrected chi connectivity index (χ2v) is 28.3. The number of aliphatic hydroxyl groups is 2. The number of rotatable bonds is 18. The van der Waals surface area contributed by atoms with Crippen molar-refractivity contribution in [3.8, 4) is 70.6 Å². The molecule has 616 valence electrons. The Hall–Kier alpha value is -14.2. The van der Waals surface area contributed by atoms with Gasteiger partial charge in [0.25, 0.3) is 0 Å². The van der Waals surface area contributed by atoms with Gasteiger partial charge in [-0.25, -0.2) is 57.4 Å². The van der Waals surface area contributed by atoms with E-state index < -0.39 is 42.1 Å². The van der Waals surface area contributed by atoms with Crippen LogP contribution in [0.2, 0.25) is 0 Å². The third-order valence-electron chi connectivity index (χ3n) is 20.5. The molecule has 0 bridgehead atoms. The summed E-state index contributed by atoms with van der Waals surface area (Å²) in [6.07, 6.45) is 10.4. The van der Waals surface area contributed by atoms with E-state index in [9.17, 15) is 19.0 Å². The first kappa shape index (κ1) is 78.3. The molecule has 12 aromatic heterocycles. The number of H-pyrrole nitrogens is 4. The van der Waals surface area contributed by atoms with Gasteiger partial charge in [0.15, 0.2) is 23.0 Å². The molecular weight excluding hydrogens is 1570 g/mol. The molecule has 120 heavy (non-hydrogen) atoms. The Kier molecular flexibility index (Phi) is 20.9. The zero-order valence-corrected chi connectivity index (χ0v) is 65.0. The summed E-state index contributed by atoms with van der Waals surface area (Å²) in [5.74, 6) is 3.36. The number of halogens is 4. The van der Waals surface area contributed by atoms with Gasteiger partial charge in [0, 0.05) is 104 Å². The Morgan fingerprint density at radius 1 is 0.433 bits per heavy atom. The number of hydrogen-bond donors (Lipinski definition) is 14. The fourth-order valence-electron chi connectivity index (χ4n) is 14.7. The van der Waals surface area contributed by atoms with Crippen molar-refractivity contribution in [2.24, 2.45) is 22.9 Å². The van der Waals surface area contributed by atoms with Gasteiger partial charge in [0.2, 0.25) is 23.5 Å². The quantitative estimate of drug-likeness (QED) is 0.0283. The van der Waals surface area contributed by atoms with Gasteiger partial charge < -0.3 is 113 Å². The summed E-state index contributed by atoms with van der Waals surface area (Å²) in [5, 5.41) is 33.7. The average Bonchev–Trinajstić information content (AvgIpc) is 1.59. The van der Waals surface area contributed by atoms with Gasteiger partial charge in [0.05, 0.1) is 129 Å². The number of nitrogen functional groups attached to an aromatic ring is 1. The molecule has 42 heteroatoms. The van der Waals surface area contributed by atoms with Crippen LogP contribution >= 0.6 is 0 Å². The summed E-state index contributed by atoms with van der Waals surface area (Å²) >= 11 is 0. The van der Waals surface area contributed by atoms with Gasteiger partial charge in [-0.3, -0.25) is 0 Å². The smallest absolute Gasteiger partial charge is 0.327 e. The molecule has 2 unspecified atom stereocenters. The van der Waals surface area contributed by atoms with E-state index in [2.05, 4.69) is 116 Å². The largest absolute Gasteiger partial charge is 0.473 e. The molecule has 19 N–H and O–H groups in total. The molecule has 16 aromatic rings. The number of hydrogen-bond acceptors (Lipinski definition) is 34. The van der Waals surface area contributed by atoms with Crippen LogP contribution in [0.15, 0.2) is 73.8 Å². The van der Waals surface area contributed by atoms with Gasteiger partial charge >= 0.3 is 24.0 Å². The molecule has 4 aliphatic rings. The van der Waals surface area contributed by atoms with Crippen LogP contribution in [0.3, 0.4) is 0 Å². The molecule has 6 atom stereocenters. The molecular formula is C78H76F4N28O10. The summed E-state index contributed by atoms with van der Waals surface area (Å²) in [5.41, 5.74) is 37.7. The lowest BCUT2D eigenvalue weighted by atomic mass is 9.98. The Labute approximate surface area is 674 Å². The van der Waals surface area contributed by atoms with Crippen LogP contribution in [0, 0.1) is 51.0 Å². The molecule has 0 saturated heterocycles. The normalized spacial score (nSPS) is 16.0. The lowest BCUT2D eigenvalue weighted by Crippen LogP contribution is -2.43. The highest BCUT2D eigenvalue weighted by Gasteiger charge is 2.37. The van der Waals surface area contributed by atoms with Gasteiger partial charge in [0.1, 0.15) is 99.7 Å². The molecule has 0 saturated carbocycles. The van der Waals surface area contributed by atoms with Crippen molar-refractivity contribution in [1.29, 1.82) is 0 Å². The Morgan fingerprint density at radius 2 is 0.742 bits per heavy atom. The number of benzene rings is 4. The van der Waals surface area contributed by atoms with E-state index in [-0.39, 0.29) is 91.8 Å². The first-order valence-electron chi connectivity index (χ1n) is 37.7. The number of ether oxygens (including phenoxy) is 8. The Balaban J connectivity index is 0.000000114. The summed E-state index contributed by atoms with van der Waals surface area (Å²) in [4.78, 5) is 81.0. The fourth-order valence-corrected chi connectivity index (χ4v) is 14.7. The summed E-state index contributed by atoms with van der Waals surface area (Å²) < 4.78 is 107. The highest BCUT2D eigenvalue weighted by atomic mass is 19.1. The summed E-state index contributed by atoms with van der Waals surface area (Å²) in [7, 11) is 5.14. The lowest BCUT2D eigenvalue weighted by Gasteiger charge is -2.22. The van der Waals surface area contributed by atoms with Crippen molar-refractivity contribution >= 4 is 110 Å². The molecule has 0 aliphatic carbocycles.